The maximum atomic E-state index is 12.7. The fourth-order valence-electron chi connectivity index (χ4n) is 3.26. The van der Waals surface area contributed by atoms with Crippen molar-refractivity contribution in [3.63, 3.8) is 0 Å². The fraction of sp³-hybridized carbons (Fsp3) is 0.381. The van der Waals surface area contributed by atoms with E-state index in [1.165, 1.54) is 10.4 Å². The molecule has 1 heterocycles. The number of fused-ring (bicyclic) bond motifs is 1. The minimum Gasteiger partial charge on any atom is -0.492 e. The van der Waals surface area contributed by atoms with Gasteiger partial charge in [-0.05, 0) is 37.3 Å². The van der Waals surface area contributed by atoms with Crippen molar-refractivity contribution in [2.45, 2.75) is 38.6 Å². The third-order valence-corrected chi connectivity index (χ3v) is 6.89. The zero-order valence-corrected chi connectivity index (χ0v) is 18.7. The lowest BCUT2D eigenvalue weighted by Crippen LogP contribution is -2.30. The summed E-state index contributed by atoms with van der Waals surface area (Å²) in [4.78, 5) is 12.6. The second-order valence-electron chi connectivity index (χ2n) is 6.78. The fourth-order valence-corrected chi connectivity index (χ4v) is 4.74. The largest absolute Gasteiger partial charge is 0.492 e. The van der Waals surface area contributed by atoms with Gasteiger partial charge >= 0.3 is 0 Å². The van der Waals surface area contributed by atoms with E-state index in [4.69, 9.17) is 4.74 Å². The van der Waals surface area contributed by atoms with Crippen molar-refractivity contribution in [1.29, 1.82) is 0 Å². The van der Waals surface area contributed by atoms with Gasteiger partial charge in [-0.25, -0.2) is 13.1 Å². The molecule has 0 aliphatic heterocycles. The molecule has 1 aromatic heterocycles. The van der Waals surface area contributed by atoms with E-state index < -0.39 is 10.0 Å². The molecule has 0 spiro atoms. The summed E-state index contributed by atoms with van der Waals surface area (Å²) < 4.78 is 33.9. The SMILES string of the molecule is CCOc1ccccc1NC(=O)CCn1nnc2cc(S(=O)(=O)N(CC)CC)ccc21. The molecule has 3 rings (SSSR count). The van der Waals surface area contributed by atoms with Gasteiger partial charge in [0.2, 0.25) is 15.9 Å². The number of aromatic nitrogens is 3. The third-order valence-electron chi connectivity index (χ3n) is 4.84. The Labute approximate surface area is 182 Å². The van der Waals surface area contributed by atoms with E-state index in [2.05, 4.69) is 15.6 Å². The summed E-state index contributed by atoms with van der Waals surface area (Å²) in [6.07, 6.45) is 0.179. The molecule has 31 heavy (non-hydrogen) atoms. The molecule has 10 heteroatoms. The summed E-state index contributed by atoms with van der Waals surface area (Å²) in [5.74, 6) is 0.433. The van der Waals surface area contributed by atoms with Gasteiger partial charge in [0.25, 0.3) is 0 Å². The summed E-state index contributed by atoms with van der Waals surface area (Å²) in [6, 6.07) is 12.0. The van der Waals surface area contributed by atoms with E-state index >= 15 is 0 Å². The van der Waals surface area contributed by atoms with Crippen LogP contribution >= 0.6 is 0 Å². The molecule has 0 radical (unpaired) electrons. The summed E-state index contributed by atoms with van der Waals surface area (Å²) in [5, 5.41) is 11.0. The van der Waals surface area contributed by atoms with E-state index in [-0.39, 0.29) is 17.2 Å². The van der Waals surface area contributed by atoms with Crippen molar-refractivity contribution in [2.24, 2.45) is 0 Å². The maximum Gasteiger partial charge on any atom is 0.243 e. The zero-order valence-electron chi connectivity index (χ0n) is 17.9. The van der Waals surface area contributed by atoms with Gasteiger partial charge in [-0.2, -0.15) is 4.31 Å². The van der Waals surface area contributed by atoms with Crippen molar-refractivity contribution in [1.82, 2.24) is 19.3 Å². The number of anilines is 1. The molecular formula is C21H27N5O4S. The standard InChI is InChI=1S/C21H27N5O4S/c1-4-25(5-2)31(28,29)16-11-12-19-18(15-16)23-24-26(19)14-13-21(27)22-17-9-7-8-10-20(17)30-6-3/h7-12,15H,4-6,13-14H2,1-3H3,(H,22,27). The Kier molecular flexibility index (Phi) is 7.24. The molecule has 1 N–H and O–H groups in total. The van der Waals surface area contributed by atoms with Crippen LogP contribution in [0.25, 0.3) is 11.0 Å². The highest BCUT2D eigenvalue weighted by Crippen LogP contribution is 2.24. The summed E-state index contributed by atoms with van der Waals surface area (Å²) in [6.45, 7) is 7.08. The number of ether oxygens (including phenoxy) is 1. The molecule has 0 bridgehead atoms. The average Bonchev–Trinajstić information content (AvgIpc) is 3.17. The van der Waals surface area contributed by atoms with Crippen molar-refractivity contribution in [3.8, 4) is 5.75 Å². The number of amides is 1. The van der Waals surface area contributed by atoms with Gasteiger partial charge < -0.3 is 10.1 Å². The predicted molar refractivity (Wildman–Crippen MR) is 118 cm³/mol. The van der Waals surface area contributed by atoms with Gasteiger partial charge in [-0.15, -0.1) is 5.10 Å². The number of hydrogen-bond donors (Lipinski definition) is 1. The Morgan fingerprint density at radius 3 is 2.58 bits per heavy atom. The predicted octanol–water partition coefficient (Wildman–Crippen LogP) is 2.89. The van der Waals surface area contributed by atoms with Crippen LogP contribution in [0.1, 0.15) is 27.2 Å². The number of aryl methyl sites for hydroxylation is 1. The molecule has 3 aromatic rings. The normalized spacial score (nSPS) is 11.7. The van der Waals surface area contributed by atoms with Crippen molar-refractivity contribution >= 4 is 32.7 Å². The summed E-state index contributed by atoms with van der Waals surface area (Å²) in [7, 11) is -3.57. The van der Waals surface area contributed by atoms with E-state index in [1.807, 2.05) is 19.1 Å². The van der Waals surface area contributed by atoms with E-state index in [1.54, 1.807) is 42.8 Å². The topological polar surface area (TPSA) is 106 Å². The smallest absolute Gasteiger partial charge is 0.243 e. The van der Waals surface area contributed by atoms with E-state index in [0.717, 1.165) is 0 Å². The van der Waals surface area contributed by atoms with Crippen molar-refractivity contribution in [2.75, 3.05) is 25.0 Å². The van der Waals surface area contributed by atoms with Gasteiger partial charge in [0.15, 0.2) is 0 Å². The third kappa shape index (κ3) is 5.02. The number of carbonyl (C=O) groups is 1. The van der Waals surface area contributed by atoms with Gasteiger partial charge in [-0.3, -0.25) is 4.79 Å². The number of rotatable bonds is 10. The molecule has 1 amide bonds. The van der Waals surface area contributed by atoms with Crippen molar-refractivity contribution in [3.05, 3.63) is 42.5 Å². The minimum atomic E-state index is -3.57. The summed E-state index contributed by atoms with van der Waals surface area (Å²) >= 11 is 0. The van der Waals surface area contributed by atoms with Crippen LogP contribution < -0.4 is 10.1 Å². The number of nitrogens with zero attached hydrogens (tertiary/aromatic N) is 4. The number of sulfonamides is 1. The lowest BCUT2D eigenvalue weighted by Gasteiger charge is -2.18. The average molecular weight is 446 g/mol. The minimum absolute atomic E-state index is 0.179. The number of nitrogens with one attached hydrogen (secondary N) is 1. The van der Waals surface area contributed by atoms with Crippen molar-refractivity contribution < 1.29 is 17.9 Å². The molecule has 0 aliphatic rings. The van der Waals surface area contributed by atoms with Crippen LogP contribution in [0.5, 0.6) is 5.75 Å². The maximum absolute atomic E-state index is 12.7. The molecule has 166 valence electrons. The second-order valence-corrected chi connectivity index (χ2v) is 8.72. The molecule has 0 unspecified atom stereocenters. The van der Waals surface area contributed by atoms with E-state index in [0.29, 0.717) is 48.7 Å². The molecule has 0 saturated carbocycles. The number of para-hydroxylation sites is 2. The van der Waals surface area contributed by atoms with Crippen LogP contribution in [-0.2, 0) is 21.4 Å². The molecule has 0 aliphatic carbocycles. The molecule has 0 atom stereocenters. The van der Waals surface area contributed by atoms with Gasteiger partial charge in [0, 0.05) is 19.5 Å². The Bertz CT molecular complexity index is 1160. The Hall–Kier alpha value is -2.98. The zero-order chi connectivity index (χ0) is 22.4. The summed E-state index contributed by atoms with van der Waals surface area (Å²) in [5.41, 5.74) is 1.75. The van der Waals surface area contributed by atoms with Crippen LogP contribution in [0, 0.1) is 0 Å². The number of carbonyl (C=O) groups excluding carboxylic acids is 1. The number of benzene rings is 2. The first kappa shape index (κ1) is 22.7. The first-order chi connectivity index (χ1) is 14.9. The molecule has 0 saturated heterocycles. The van der Waals surface area contributed by atoms with Gasteiger partial charge in [0.05, 0.1) is 29.3 Å². The lowest BCUT2D eigenvalue weighted by atomic mass is 10.2. The van der Waals surface area contributed by atoms with Crippen LogP contribution in [0.3, 0.4) is 0 Å². The van der Waals surface area contributed by atoms with Crippen LogP contribution in [0.4, 0.5) is 5.69 Å². The first-order valence-electron chi connectivity index (χ1n) is 10.3. The van der Waals surface area contributed by atoms with Gasteiger partial charge in [0.1, 0.15) is 11.3 Å². The molecule has 9 nitrogen and oxygen atoms in total. The first-order valence-corrected chi connectivity index (χ1v) is 11.7. The monoisotopic (exact) mass is 445 g/mol. The Balaban J connectivity index is 1.71. The van der Waals surface area contributed by atoms with Crippen LogP contribution in [-0.4, -0.2) is 53.3 Å². The Morgan fingerprint density at radius 2 is 1.87 bits per heavy atom. The van der Waals surface area contributed by atoms with Gasteiger partial charge in [-0.1, -0.05) is 31.2 Å². The highest BCUT2D eigenvalue weighted by atomic mass is 32.2. The van der Waals surface area contributed by atoms with E-state index in [9.17, 15) is 13.2 Å². The molecule has 0 fully saturated rings. The highest BCUT2D eigenvalue weighted by Gasteiger charge is 2.22. The van der Waals surface area contributed by atoms with Crippen LogP contribution in [0.2, 0.25) is 0 Å². The van der Waals surface area contributed by atoms with Crippen LogP contribution in [0.15, 0.2) is 47.4 Å². The molecular weight excluding hydrogens is 418 g/mol. The number of hydrogen-bond acceptors (Lipinski definition) is 6. The quantitative estimate of drug-likeness (QED) is 0.514. The Morgan fingerprint density at radius 1 is 1.13 bits per heavy atom. The lowest BCUT2D eigenvalue weighted by molar-refractivity contribution is -0.116. The molecule has 2 aromatic carbocycles. The second kappa shape index (κ2) is 9.88. The highest BCUT2D eigenvalue weighted by molar-refractivity contribution is 7.89.